The molecular weight excluding hydrogens is 438 g/mol. The molecule has 6 nitrogen and oxygen atoms in total. The van der Waals surface area contributed by atoms with E-state index in [0.29, 0.717) is 17.0 Å². The zero-order valence-corrected chi connectivity index (χ0v) is 20.2. The largest absolute Gasteiger partial charge is 0.462 e. The third-order valence-corrected chi connectivity index (χ3v) is 6.85. The molecule has 7 heteroatoms. The van der Waals surface area contributed by atoms with E-state index >= 15 is 0 Å². The normalized spacial score (nSPS) is 17.9. The van der Waals surface area contributed by atoms with Gasteiger partial charge in [0.05, 0.1) is 24.7 Å². The van der Waals surface area contributed by atoms with Gasteiger partial charge in [0.25, 0.3) is 0 Å². The Labute approximate surface area is 198 Å². The summed E-state index contributed by atoms with van der Waals surface area (Å²) in [5.74, 6) is -1.88. The zero-order chi connectivity index (χ0) is 24.0. The maximum Gasteiger partial charge on any atom is 0.348 e. The van der Waals surface area contributed by atoms with Gasteiger partial charge in [0, 0.05) is 5.41 Å². The lowest BCUT2D eigenvalue weighted by Gasteiger charge is -2.35. The van der Waals surface area contributed by atoms with E-state index in [1.54, 1.807) is 20.8 Å². The third kappa shape index (κ3) is 5.25. The summed E-state index contributed by atoms with van der Waals surface area (Å²) < 4.78 is 10.3. The van der Waals surface area contributed by atoms with Crippen molar-refractivity contribution in [1.29, 1.82) is 0 Å². The summed E-state index contributed by atoms with van der Waals surface area (Å²) in [7, 11) is 0. The van der Waals surface area contributed by atoms with Crippen LogP contribution >= 0.6 is 11.3 Å². The van der Waals surface area contributed by atoms with E-state index in [2.05, 4.69) is 5.32 Å². The molecule has 1 aromatic heterocycles. The number of esters is 2. The molecule has 0 saturated heterocycles. The van der Waals surface area contributed by atoms with Gasteiger partial charge in [-0.05, 0) is 38.3 Å². The summed E-state index contributed by atoms with van der Waals surface area (Å²) in [6.07, 6.45) is 8.69. The van der Waals surface area contributed by atoms with Crippen LogP contribution in [0.5, 0.6) is 0 Å². The van der Waals surface area contributed by atoms with Crippen LogP contribution in [0.25, 0.3) is 0 Å². The molecule has 2 aromatic rings. The Bertz CT molecular complexity index is 1090. The fraction of sp³-hybridized carbons (Fsp3) is 0.346. The lowest BCUT2D eigenvalue weighted by atomic mass is 9.69. The molecule has 2 unspecified atom stereocenters. The molecule has 1 N–H and O–H groups in total. The van der Waals surface area contributed by atoms with Gasteiger partial charge in [0.2, 0.25) is 5.91 Å². The second-order valence-electron chi connectivity index (χ2n) is 8.03. The lowest BCUT2D eigenvalue weighted by Crippen LogP contribution is -2.34. The summed E-state index contributed by atoms with van der Waals surface area (Å²) in [6, 6.07) is 9.57. The highest BCUT2D eigenvalue weighted by Gasteiger charge is 2.39. The second-order valence-corrected chi connectivity index (χ2v) is 9.05. The van der Waals surface area contributed by atoms with Crippen molar-refractivity contribution >= 4 is 34.2 Å². The number of hydrogen-bond acceptors (Lipinski definition) is 6. The van der Waals surface area contributed by atoms with E-state index < -0.39 is 23.3 Å². The predicted octanol–water partition coefficient (Wildman–Crippen LogP) is 5.65. The number of carbonyl (C=O) groups excluding carboxylic acids is 3. The van der Waals surface area contributed by atoms with E-state index in [9.17, 15) is 14.4 Å². The number of anilines is 1. The average molecular weight is 468 g/mol. The molecule has 3 rings (SSSR count). The molecule has 0 bridgehead atoms. The molecule has 1 heterocycles. The van der Waals surface area contributed by atoms with E-state index in [1.807, 2.05) is 61.6 Å². The quantitative estimate of drug-likeness (QED) is 0.507. The number of rotatable bonds is 8. The maximum absolute atomic E-state index is 13.7. The van der Waals surface area contributed by atoms with Crippen LogP contribution < -0.4 is 5.32 Å². The predicted molar refractivity (Wildman–Crippen MR) is 130 cm³/mol. The van der Waals surface area contributed by atoms with Crippen molar-refractivity contribution in [2.45, 2.75) is 40.0 Å². The Morgan fingerprint density at radius 1 is 1.06 bits per heavy atom. The molecular formula is C26H29NO5S. The van der Waals surface area contributed by atoms with Gasteiger partial charge in [-0.2, -0.15) is 0 Å². The highest BCUT2D eigenvalue weighted by atomic mass is 32.1. The first-order valence-corrected chi connectivity index (χ1v) is 11.8. The van der Waals surface area contributed by atoms with Crippen LogP contribution in [0.2, 0.25) is 0 Å². The van der Waals surface area contributed by atoms with Crippen LogP contribution in [0.3, 0.4) is 0 Å². The first-order valence-electron chi connectivity index (χ1n) is 11.0. The summed E-state index contributed by atoms with van der Waals surface area (Å²) >= 11 is 1.04. The Morgan fingerprint density at radius 2 is 1.73 bits per heavy atom. The van der Waals surface area contributed by atoms with Crippen molar-refractivity contribution in [3.63, 3.8) is 0 Å². The number of allylic oxidation sites excluding steroid dienone is 4. The van der Waals surface area contributed by atoms with Crippen LogP contribution in [-0.2, 0) is 14.3 Å². The van der Waals surface area contributed by atoms with Gasteiger partial charge in [-0.3, -0.25) is 4.79 Å². The van der Waals surface area contributed by atoms with Gasteiger partial charge < -0.3 is 14.8 Å². The molecule has 1 aliphatic rings. The monoisotopic (exact) mass is 467 g/mol. The minimum atomic E-state index is -0.583. The SMILES string of the molecule is CCOC(=O)c1sc(NC(=O)C(c2ccccc2)C2(C)C=CC=CC2)c(C(=O)OCC)c1C. The molecule has 0 saturated carbocycles. The molecule has 2 atom stereocenters. The smallest absolute Gasteiger partial charge is 0.348 e. The van der Waals surface area contributed by atoms with E-state index in [1.165, 1.54) is 0 Å². The minimum absolute atomic E-state index is 0.179. The van der Waals surface area contributed by atoms with Gasteiger partial charge in [0.1, 0.15) is 9.88 Å². The summed E-state index contributed by atoms with van der Waals surface area (Å²) in [6.45, 7) is 7.51. The number of benzene rings is 1. The van der Waals surface area contributed by atoms with E-state index in [4.69, 9.17) is 9.47 Å². The van der Waals surface area contributed by atoms with Gasteiger partial charge in [-0.1, -0.05) is 61.6 Å². The fourth-order valence-corrected chi connectivity index (χ4v) is 5.15. The van der Waals surface area contributed by atoms with Crippen LogP contribution in [0, 0.1) is 12.3 Å². The third-order valence-electron chi connectivity index (χ3n) is 5.66. The number of amides is 1. The molecule has 0 aliphatic heterocycles. The number of thiophene rings is 1. The van der Waals surface area contributed by atoms with E-state index in [-0.39, 0.29) is 29.6 Å². The number of ether oxygens (including phenoxy) is 2. The standard InChI is InChI=1S/C26H29NO5S/c1-5-31-24(29)19-17(3)21(25(30)32-6-2)33-23(19)27-22(28)20(18-13-9-7-10-14-18)26(4)15-11-8-12-16-26/h7-15,20H,5-6,16H2,1-4H3,(H,27,28). The van der Waals surface area contributed by atoms with E-state index in [0.717, 1.165) is 16.9 Å². The van der Waals surface area contributed by atoms with Gasteiger partial charge in [-0.25, -0.2) is 9.59 Å². The van der Waals surface area contributed by atoms with Crippen LogP contribution in [-0.4, -0.2) is 31.1 Å². The molecule has 0 fully saturated rings. The zero-order valence-electron chi connectivity index (χ0n) is 19.3. The van der Waals surface area contributed by atoms with Crippen molar-refractivity contribution in [2.24, 2.45) is 5.41 Å². The number of hydrogen-bond donors (Lipinski definition) is 1. The highest BCUT2D eigenvalue weighted by Crippen LogP contribution is 2.44. The molecule has 1 amide bonds. The van der Waals surface area contributed by atoms with Gasteiger partial charge >= 0.3 is 11.9 Å². The molecule has 33 heavy (non-hydrogen) atoms. The van der Waals surface area contributed by atoms with Crippen molar-refractivity contribution < 1.29 is 23.9 Å². The number of carbonyl (C=O) groups is 3. The fourth-order valence-electron chi connectivity index (χ4n) is 4.06. The van der Waals surface area contributed by atoms with Crippen molar-refractivity contribution in [3.05, 3.63) is 76.2 Å². The van der Waals surface area contributed by atoms with Gasteiger partial charge in [-0.15, -0.1) is 11.3 Å². The van der Waals surface area contributed by atoms with Crippen LogP contribution in [0.15, 0.2) is 54.6 Å². The van der Waals surface area contributed by atoms with Crippen molar-refractivity contribution in [3.8, 4) is 0 Å². The lowest BCUT2D eigenvalue weighted by molar-refractivity contribution is -0.119. The molecule has 174 valence electrons. The highest BCUT2D eigenvalue weighted by molar-refractivity contribution is 7.18. The summed E-state index contributed by atoms with van der Waals surface area (Å²) in [5.41, 5.74) is 1.04. The summed E-state index contributed by atoms with van der Waals surface area (Å²) in [5, 5.41) is 3.23. The Kier molecular flexibility index (Phi) is 7.87. The Morgan fingerprint density at radius 3 is 2.33 bits per heavy atom. The molecule has 0 radical (unpaired) electrons. The molecule has 1 aromatic carbocycles. The van der Waals surface area contributed by atoms with Crippen LogP contribution in [0.1, 0.15) is 64.3 Å². The molecule has 1 aliphatic carbocycles. The first kappa shape index (κ1) is 24.5. The van der Waals surface area contributed by atoms with Crippen molar-refractivity contribution in [2.75, 3.05) is 18.5 Å². The van der Waals surface area contributed by atoms with Gasteiger partial charge in [0.15, 0.2) is 0 Å². The number of nitrogens with one attached hydrogen (secondary N) is 1. The maximum atomic E-state index is 13.7. The second kappa shape index (κ2) is 10.6. The topological polar surface area (TPSA) is 81.7 Å². The molecule has 0 spiro atoms. The Balaban J connectivity index is 2.03. The van der Waals surface area contributed by atoms with Crippen molar-refractivity contribution in [1.82, 2.24) is 0 Å². The van der Waals surface area contributed by atoms with Crippen LogP contribution in [0.4, 0.5) is 5.00 Å². The first-order chi connectivity index (χ1) is 15.8. The minimum Gasteiger partial charge on any atom is -0.462 e. The summed E-state index contributed by atoms with van der Waals surface area (Å²) in [4.78, 5) is 39.2. The average Bonchev–Trinajstić information content (AvgIpc) is 3.11. The Hall–Kier alpha value is -3.19.